The summed E-state index contributed by atoms with van der Waals surface area (Å²) in [7, 11) is 0. The van der Waals surface area contributed by atoms with Gasteiger partial charge in [-0.2, -0.15) is 0 Å². The first kappa shape index (κ1) is 19.8. The van der Waals surface area contributed by atoms with Gasteiger partial charge in [-0.05, 0) is 31.0 Å². The Kier molecular flexibility index (Phi) is 6.19. The van der Waals surface area contributed by atoms with Crippen molar-refractivity contribution in [3.63, 3.8) is 0 Å². The second-order valence-corrected chi connectivity index (χ2v) is 6.88. The summed E-state index contributed by atoms with van der Waals surface area (Å²) >= 11 is 12.1. The van der Waals surface area contributed by atoms with E-state index in [1.807, 2.05) is 0 Å². The Labute approximate surface area is 161 Å². The minimum Gasteiger partial charge on any atom is -0.481 e. The fraction of sp³-hybridized carbons (Fsp3) is 0.438. The highest BCUT2D eigenvalue weighted by molar-refractivity contribution is 6.36. The van der Waals surface area contributed by atoms with Crippen molar-refractivity contribution in [1.29, 1.82) is 0 Å². The van der Waals surface area contributed by atoms with E-state index in [0.29, 0.717) is 41.7 Å². The second-order valence-electron chi connectivity index (χ2n) is 6.03. The van der Waals surface area contributed by atoms with Crippen LogP contribution < -0.4 is 4.90 Å². The molecule has 2 saturated heterocycles. The van der Waals surface area contributed by atoms with Gasteiger partial charge in [0.15, 0.2) is 0 Å². The van der Waals surface area contributed by atoms with Gasteiger partial charge in [-0.3, -0.25) is 14.4 Å². The third kappa shape index (κ3) is 3.86. The maximum Gasteiger partial charge on any atom is 0.308 e. The van der Waals surface area contributed by atoms with Crippen molar-refractivity contribution in [3.05, 3.63) is 28.2 Å². The summed E-state index contributed by atoms with van der Waals surface area (Å²) < 4.78 is 0. The molecular formula is C16H17Cl3N2O4. The summed E-state index contributed by atoms with van der Waals surface area (Å²) in [6.07, 6.45) is 0.806. The standard InChI is InChI=1S/C16H16Cl2N2O4.ClH/c17-10-1-2-12(18)13(7-10)20-6-4-11(15(20)22)14(21)19-5-3-9(8-19)16(23)24;/h1-2,7,9,11H,3-6,8H2,(H,23,24);1H. The fourth-order valence-electron chi connectivity index (χ4n) is 3.22. The van der Waals surface area contributed by atoms with Crippen LogP contribution in [0.5, 0.6) is 0 Å². The molecule has 136 valence electrons. The molecule has 2 amide bonds. The molecular weight excluding hydrogens is 391 g/mol. The number of carboxylic acids is 1. The number of rotatable bonds is 3. The number of amides is 2. The molecule has 2 fully saturated rings. The van der Waals surface area contributed by atoms with Crippen LogP contribution in [-0.2, 0) is 14.4 Å². The minimum absolute atomic E-state index is 0. The van der Waals surface area contributed by atoms with Gasteiger partial charge in [-0.25, -0.2) is 0 Å². The molecule has 0 bridgehead atoms. The summed E-state index contributed by atoms with van der Waals surface area (Å²) in [5.74, 6) is -2.86. The number of likely N-dealkylation sites (tertiary alicyclic amines) is 1. The van der Waals surface area contributed by atoms with Crippen LogP contribution in [0.2, 0.25) is 10.0 Å². The van der Waals surface area contributed by atoms with E-state index in [4.69, 9.17) is 28.3 Å². The molecule has 9 heteroatoms. The lowest BCUT2D eigenvalue weighted by Crippen LogP contribution is -2.39. The van der Waals surface area contributed by atoms with Crippen LogP contribution >= 0.6 is 35.6 Å². The lowest BCUT2D eigenvalue weighted by atomic mass is 10.1. The maximum absolute atomic E-state index is 12.6. The molecule has 0 aliphatic carbocycles. The van der Waals surface area contributed by atoms with Crippen molar-refractivity contribution >= 4 is 59.1 Å². The Bertz CT molecular complexity index is 713. The predicted molar refractivity (Wildman–Crippen MR) is 96.5 cm³/mol. The second kappa shape index (κ2) is 7.81. The molecule has 0 saturated carbocycles. The Morgan fingerprint density at radius 2 is 1.88 bits per heavy atom. The quantitative estimate of drug-likeness (QED) is 0.782. The van der Waals surface area contributed by atoms with E-state index >= 15 is 0 Å². The highest BCUT2D eigenvalue weighted by Gasteiger charge is 2.42. The highest BCUT2D eigenvalue weighted by Crippen LogP contribution is 2.34. The Morgan fingerprint density at radius 1 is 1.16 bits per heavy atom. The third-order valence-corrected chi connectivity index (χ3v) is 5.11. The van der Waals surface area contributed by atoms with Gasteiger partial charge < -0.3 is 14.9 Å². The number of hydrogen-bond acceptors (Lipinski definition) is 3. The average molecular weight is 408 g/mol. The van der Waals surface area contributed by atoms with Crippen LogP contribution in [0.25, 0.3) is 0 Å². The van der Waals surface area contributed by atoms with Crippen molar-refractivity contribution in [2.75, 3.05) is 24.5 Å². The van der Waals surface area contributed by atoms with Crippen molar-refractivity contribution in [2.24, 2.45) is 11.8 Å². The molecule has 0 aromatic heterocycles. The van der Waals surface area contributed by atoms with Gasteiger partial charge in [0, 0.05) is 24.7 Å². The zero-order valence-electron chi connectivity index (χ0n) is 13.2. The van der Waals surface area contributed by atoms with Crippen molar-refractivity contribution in [1.82, 2.24) is 4.90 Å². The summed E-state index contributed by atoms with van der Waals surface area (Å²) in [4.78, 5) is 39.2. The molecule has 0 spiro atoms. The number of carbonyl (C=O) groups excluding carboxylic acids is 2. The molecule has 0 radical (unpaired) electrons. The Morgan fingerprint density at radius 3 is 2.52 bits per heavy atom. The molecule has 2 aliphatic rings. The molecule has 2 unspecified atom stereocenters. The van der Waals surface area contributed by atoms with E-state index in [2.05, 4.69) is 0 Å². The normalized spacial score (nSPS) is 22.9. The lowest BCUT2D eigenvalue weighted by Gasteiger charge is -2.21. The molecule has 1 aromatic rings. The molecule has 1 aromatic carbocycles. The van der Waals surface area contributed by atoms with E-state index in [1.165, 1.54) is 9.80 Å². The van der Waals surface area contributed by atoms with Crippen LogP contribution in [0.1, 0.15) is 12.8 Å². The zero-order valence-corrected chi connectivity index (χ0v) is 15.5. The first-order chi connectivity index (χ1) is 11.4. The lowest BCUT2D eigenvalue weighted by molar-refractivity contribution is -0.142. The Balaban J connectivity index is 0.00000225. The number of benzene rings is 1. The number of anilines is 1. The Hall–Kier alpha value is -1.50. The minimum atomic E-state index is -0.907. The maximum atomic E-state index is 12.6. The third-order valence-electron chi connectivity index (χ3n) is 4.55. The first-order valence-electron chi connectivity index (χ1n) is 7.66. The topological polar surface area (TPSA) is 77.9 Å². The van der Waals surface area contributed by atoms with Crippen LogP contribution in [0.4, 0.5) is 5.69 Å². The van der Waals surface area contributed by atoms with Crippen LogP contribution in [0.15, 0.2) is 18.2 Å². The number of nitrogens with zero attached hydrogens (tertiary/aromatic N) is 2. The van der Waals surface area contributed by atoms with Gasteiger partial charge in [0.2, 0.25) is 11.8 Å². The number of hydrogen-bond donors (Lipinski definition) is 1. The van der Waals surface area contributed by atoms with Crippen LogP contribution in [0.3, 0.4) is 0 Å². The molecule has 25 heavy (non-hydrogen) atoms. The van der Waals surface area contributed by atoms with Crippen molar-refractivity contribution < 1.29 is 19.5 Å². The van der Waals surface area contributed by atoms with Crippen LogP contribution in [-0.4, -0.2) is 47.4 Å². The number of halogens is 3. The molecule has 3 rings (SSSR count). The number of carbonyl (C=O) groups is 3. The van der Waals surface area contributed by atoms with Gasteiger partial charge in [0.1, 0.15) is 5.92 Å². The van der Waals surface area contributed by atoms with E-state index < -0.39 is 17.8 Å². The zero-order chi connectivity index (χ0) is 17.4. The molecule has 6 nitrogen and oxygen atoms in total. The van der Waals surface area contributed by atoms with Gasteiger partial charge in [0.05, 0.1) is 16.6 Å². The van der Waals surface area contributed by atoms with Gasteiger partial charge in [-0.15, -0.1) is 12.4 Å². The molecule has 2 aliphatic heterocycles. The summed E-state index contributed by atoms with van der Waals surface area (Å²) in [6, 6.07) is 4.84. The van der Waals surface area contributed by atoms with Crippen molar-refractivity contribution in [3.8, 4) is 0 Å². The SMILES string of the molecule is Cl.O=C(O)C1CCN(C(=O)C2CCN(c3cc(Cl)ccc3Cl)C2=O)C1. The summed E-state index contributed by atoms with van der Waals surface area (Å²) in [5, 5.41) is 9.89. The first-order valence-corrected chi connectivity index (χ1v) is 8.42. The fourth-order valence-corrected chi connectivity index (χ4v) is 3.61. The highest BCUT2D eigenvalue weighted by atomic mass is 35.5. The summed E-state index contributed by atoms with van der Waals surface area (Å²) in [5.41, 5.74) is 0.495. The average Bonchev–Trinajstić information content (AvgIpc) is 3.16. The van der Waals surface area contributed by atoms with E-state index in [-0.39, 0.29) is 30.8 Å². The van der Waals surface area contributed by atoms with E-state index in [0.717, 1.165) is 0 Å². The molecule has 2 heterocycles. The largest absolute Gasteiger partial charge is 0.481 e. The number of carboxylic acid groups (broad SMARTS) is 1. The van der Waals surface area contributed by atoms with E-state index in [1.54, 1.807) is 18.2 Å². The van der Waals surface area contributed by atoms with Crippen molar-refractivity contribution in [2.45, 2.75) is 12.8 Å². The predicted octanol–water partition coefficient (Wildman–Crippen LogP) is 2.70. The summed E-state index contributed by atoms with van der Waals surface area (Å²) in [6.45, 7) is 0.916. The van der Waals surface area contributed by atoms with Gasteiger partial charge in [-0.1, -0.05) is 23.2 Å². The van der Waals surface area contributed by atoms with E-state index in [9.17, 15) is 14.4 Å². The molecule has 2 atom stereocenters. The molecule has 1 N–H and O–H groups in total. The van der Waals surface area contributed by atoms with Gasteiger partial charge >= 0.3 is 5.97 Å². The van der Waals surface area contributed by atoms with Crippen LogP contribution in [0, 0.1) is 11.8 Å². The monoisotopic (exact) mass is 406 g/mol. The van der Waals surface area contributed by atoms with Gasteiger partial charge in [0.25, 0.3) is 0 Å². The smallest absolute Gasteiger partial charge is 0.308 e. The number of aliphatic carboxylic acids is 1.